The molecule has 0 saturated carbocycles. The van der Waals surface area contributed by atoms with Crippen LogP contribution < -0.4 is 11.1 Å². The topological polar surface area (TPSA) is 107 Å². The average Bonchev–Trinajstić information content (AvgIpc) is 3.11. The summed E-state index contributed by atoms with van der Waals surface area (Å²) in [4.78, 5) is 16.0. The van der Waals surface area contributed by atoms with Gasteiger partial charge in [0.2, 0.25) is 18.2 Å². The Labute approximate surface area is 123 Å². The minimum atomic E-state index is -0.164. The van der Waals surface area contributed by atoms with Crippen molar-refractivity contribution in [3.63, 3.8) is 0 Å². The van der Waals surface area contributed by atoms with Crippen molar-refractivity contribution >= 4 is 28.1 Å². The molecule has 0 aliphatic heterocycles. The van der Waals surface area contributed by atoms with E-state index in [0.29, 0.717) is 22.4 Å². The molecule has 7 nitrogen and oxygen atoms in total. The van der Waals surface area contributed by atoms with Gasteiger partial charge in [-0.2, -0.15) is 0 Å². The lowest BCUT2D eigenvalue weighted by atomic mass is 10.2. The number of benzene rings is 1. The number of nitrogens with zero attached hydrogens (tertiary/aromatic N) is 3. The zero-order chi connectivity index (χ0) is 14.7. The molecule has 0 spiro atoms. The molecule has 0 bridgehead atoms. The summed E-state index contributed by atoms with van der Waals surface area (Å²) in [6, 6.07) is 7.17. The highest BCUT2D eigenvalue weighted by molar-refractivity contribution is 7.13. The van der Waals surface area contributed by atoms with Gasteiger partial charge in [-0.05, 0) is 18.2 Å². The van der Waals surface area contributed by atoms with Crippen LogP contribution in [0.5, 0.6) is 0 Å². The number of amides is 1. The fourth-order valence-electron chi connectivity index (χ4n) is 1.80. The Hall–Kier alpha value is -2.74. The molecule has 2 aromatic heterocycles. The summed E-state index contributed by atoms with van der Waals surface area (Å²) in [5.74, 6) is 0.237. The molecule has 3 rings (SSSR count). The second-order valence-corrected chi connectivity index (χ2v) is 5.12. The molecule has 0 radical (unpaired) electrons. The molecule has 21 heavy (non-hydrogen) atoms. The standard InChI is InChI=1S/C13H11N5O2S/c14-13-17-10(6-21-13)5-11(19)16-9-3-1-2-8(4-9)12-18-15-7-20-12/h1-4,6-7H,5H2,(H2,14,17)(H,16,19). The van der Waals surface area contributed by atoms with Crippen molar-refractivity contribution in [2.75, 3.05) is 11.1 Å². The van der Waals surface area contributed by atoms with E-state index in [2.05, 4.69) is 20.5 Å². The highest BCUT2D eigenvalue weighted by Crippen LogP contribution is 2.20. The summed E-state index contributed by atoms with van der Waals surface area (Å²) >= 11 is 1.31. The van der Waals surface area contributed by atoms with Crippen LogP contribution in [0.2, 0.25) is 0 Å². The molecule has 0 atom stereocenters. The maximum Gasteiger partial charge on any atom is 0.247 e. The molecule has 0 aliphatic rings. The summed E-state index contributed by atoms with van der Waals surface area (Å²) in [5.41, 5.74) is 7.58. The van der Waals surface area contributed by atoms with Crippen LogP contribution in [0.3, 0.4) is 0 Å². The molecule has 8 heteroatoms. The van der Waals surface area contributed by atoms with Crippen molar-refractivity contribution < 1.29 is 9.21 Å². The predicted molar refractivity (Wildman–Crippen MR) is 78.6 cm³/mol. The maximum atomic E-state index is 12.0. The SMILES string of the molecule is Nc1nc(CC(=O)Nc2cccc(-c3nnco3)c2)cs1. The molecule has 3 aromatic rings. The lowest BCUT2D eigenvalue weighted by Gasteiger charge is -2.05. The van der Waals surface area contributed by atoms with E-state index in [9.17, 15) is 4.79 Å². The van der Waals surface area contributed by atoms with Crippen LogP contribution in [0, 0.1) is 0 Å². The van der Waals surface area contributed by atoms with E-state index >= 15 is 0 Å². The van der Waals surface area contributed by atoms with Gasteiger partial charge < -0.3 is 15.5 Å². The zero-order valence-electron chi connectivity index (χ0n) is 10.8. The van der Waals surface area contributed by atoms with Gasteiger partial charge in [-0.1, -0.05) is 6.07 Å². The number of nitrogens with two attached hydrogens (primary N) is 1. The minimum Gasteiger partial charge on any atom is -0.423 e. The van der Waals surface area contributed by atoms with Gasteiger partial charge in [0.25, 0.3) is 0 Å². The third kappa shape index (κ3) is 3.23. The molecule has 0 unspecified atom stereocenters. The van der Waals surface area contributed by atoms with Crippen molar-refractivity contribution in [3.8, 4) is 11.5 Å². The Morgan fingerprint density at radius 3 is 3.05 bits per heavy atom. The summed E-state index contributed by atoms with van der Waals surface area (Å²) < 4.78 is 5.12. The first kappa shape index (κ1) is 13.3. The first-order valence-electron chi connectivity index (χ1n) is 6.07. The summed E-state index contributed by atoms with van der Waals surface area (Å²) in [6.07, 6.45) is 1.44. The van der Waals surface area contributed by atoms with E-state index in [0.717, 1.165) is 5.56 Å². The first-order valence-corrected chi connectivity index (χ1v) is 6.95. The van der Waals surface area contributed by atoms with Crippen molar-refractivity contribution in [1.82, 2.24) is 15.2 Å². The number of rotatable bonds is 4. The van der Waals surface area contributed by atoms with Crippen LogP contribution >= 0.6 is 11.3 Å². The van der Waals surface area contributed by atoms with Crippen molar-refractivity contribution in [3.05, 3.63) is 41.7 Å². The van der Waals surface area contributed by atoms with Gasteiger partial charge in [-0.25, -0.2) is 4.98 Å². The number of thiazole rings is 1. The minimum absolute atomic E-state index is 0.164. The quantitative estimate of drug-likeness (QED) is 0.762. The molecule has 0 aliphatic carbocycles. The highest BCUT2D eigenvalue weighted by atomic mass is 32.1. The molecule has 3 N–H and O–H groups in total. The lowest BCUT2D eigenvalue weighted by molar-refractivity contribution is -0.115. The van der Waals surface area contributed by atoms with Crippen LogP contribution in [0.15, 0.2) is 40.5 Å². The van der Waals surface area contributed by atoms with Crippen molar-refractivity contribution in [2.24, 2.45) is 0 Å². The van der Waals surface area contributed by atoms with Crippen LogP contribution in [0.4, 0.5) is 10.8 Å². The maximum absolute atomic E-state index is 12.0. The van der Waals surface area contributed by atoms with Crippen LogP contribution in [0.1, 0.15) is 5.69 Å². The van der Waals surface area contributed by atoms with E-state index < -0.39 is 0 Å². The Balaban J connectivity index is 1.70. The molecule has 1 amide bonds. The van der Waals surface area contributed by atoms with Crippen LogP contribution in [0.25, 0.3) is 11.5 Å². The third-order valence-corrected chi connectivity index (χ3v) is 3.39. The monoisotopic (exact) mass is 301 g/mol. The van der Waals surface area contributed by atoms with E-state index in [-0.39, 0.29) is 12.3 Å². The number of aromatic nitrogens is 3. The summed E-state index contributed by atoms with van der Waals surface area (Å²) in [7, 11) is 0. The number of nitrogens with one attached hydrogen (secondary N) is 1. The number of carbonyl (C=O) groups excluding carboxylic acids is 1. The lowest BCUT2D eigenvalue weighted by Crippen LogP contribution is -2.14. The van der Waals surface area contributed by atoms with Gasteiger partial charge in [-0.15, -0.1) is 21.5 Å². The zero-order valence-corrected chi connectivity index (χ0v) is 11.6. The predicted octanol–water partition coefficient (Wildman–Crippen LogP) is 1.96. The molecule has 0 saturated heterocycles. The first-order chi connectivity index (χ1) is 10.2. The van der Waals surface area contributed by atoms with E-state index in [1.165, 1.54) is 17.7 Å². The Kier molecular flexibility index (Phi) is 3.61. The molecule has 2 heterocycles. The van der Waals surface area contributed by atoms with E-state index in [1.54, 1.807) is 23.6 Å². The van der Waals surface area contributed by atoms with Gasteiger partial charge in [0.1, 0.15) is 0 Å². The third-order valence-electron chi connectivity index (χ3n) is 2.66. The molecule has 1 aromatic carbocycles. The van der Waals surface area contributed by atoms with E-state index in [4.69, 9.17) is 10.2 Å². The van der Waals surface area contributed by atoms with Gasteiger partial charge in [-0.3, -0.25) is 4.79 Å². The summed E-state index contributed by atoms with van der Waals surface area (Å²) in [5, 5.41) is 12.5. The number of anilines is 2. The van der Waals surface area contributed by atoms with Crippen molar-refractivity contribution in [1.29, 1.82) is 0 Å². The summed E-state index contributed by atoms with van der Waals surface area (Å²) in [6.45, 7) is 0. The number of hydrogen-bond acceptors (Lipinski definition) is 7. The Morgan fingerprint density at radius 1 is 1.43 bits per heavy atom. The Morgan fingerprint density at radius 2 is 2.33 bits per heavy atom. The molecule has 106 valence electrons. The van der Waals surface area contributed by atoms with Gasteiger partial charge in [0.05, 0.1) is 12.1 Å². The van der Waals surface area contributed by atoms with Gasteiger partial charge >= 0.3 is 0 Å². The van der Waals surface area contributed by atoms with Crippen molar-refractivity contribution in [2.45, 2.75) is 6.42 Å². The number of nitrogen functional groups attached to an aromatic ring is 1. The van der Waals surface area contributed by atoms with E-state index in [1.807, 2.05) is 6.07 Å². The largest absolute Gasteiger partial charge is 0.423 e. The fourth-order valence-corrected chi connectivity index (χ4v) is 2.37. The average molecular weight is 301 g/mol. The van der Waals surface area contributed by atoms with Crippen LogP contribution in [-0.2, 0) is 11.2 Å². The number of carbonyl (C=O) groups is 1. The second-order valence-electron chi connectivity index (χ2n) is 4.23. The normalized spacial score (nSPS) is 10.5. The fraction of sp³-hybridized carbons (Fsp3) is 0.0769. The second kappa shape index (κ2) is 5.71. The molecular weight excluding hydrogens is 290 g/mol. The highest BCUT2D eigenvalue weighted by Gasteiger charge is 2.09. The Bertz CT molecular complexity index is 754. The van der Waals surface area contributed by atoms with Gasteiger partial charge in [0, 0.05) is 16.6 Å². The molecule has 0 fully saturated rings. The molecular formula is C13H11N5O2S. The number of hydrogen-bond donors (Lipinski definition) is 2. The smallest absolute Gasteiger partial charge is 0.247 e. The van der Waals surface area contributed by atoms with Gasteiger partial charge in [0.15, 0.2) is 5.13 Å². The van der Waals surface area contributed by atoms with Crippen LogP contribution in [-0.4, -0.2) is 21.1 Å².